The monoisotopic (exact) mass is 296 g/mol. The number of nitrogens with one attached hydrogen (secondary N) is 1. The lowest BCUT2D eigenvalue weighted by Gasteiger charge is -2.21. The summed E-state index contributed by atoms with van der Waals surface area (Å²) in [6.45, 7) is 12.4. The zero-order valence-corrected chi connectivity index (χ0v) is 14.0. The molecule has 1 aromatic rings. The van der Waals surface area contributed by atoms with Crippen LogP contribution in [0.4, 0.5) is 0 Å². The summed E-state index contributed by atoms with van der Waals surface area (Å²) in [6, 6.07) is 3.58. The van der Waals surface area contributed by atoms with Crippen molar-refractivity contribution in [2.24, 2.45) is 5.92 Å². The number of amides is 1. The standard InChI is InChI=1S/C16H25ClN2O/c1-7-10(2)11(3)18-15(20)12-8-13(16(4,5)6)19-14(17)9-12/h8-11H,7H2,1-6H3,(H,18,20). The zero-order chi connectivity index (χ0) is 15.5. The van der Waals surface area contributed by atoms with Crippen molar-refractivity contribution in [3.63, 3.8) is 0 Å². The molecule has 0 fully saturated rings. The van der Waals surface area contributed by atoms with Crippen LogP contribution in [-0.4, -0.2) is 16.9 Å². The molecule has 0 saturated carbocycles. The number of carbonyl (C=O) groups is 1. The Kier molecular flexibility index (Phi) is 5.58. The third-order valence-electron chi connectivity index (χ3n) is 3.68. The van der Waals surface area contributed by atoms with Crippen molar-refractivity contribution >= 4 is 17.5 Å². The van der Waals surface area contributed by atoms with E-state index in [-0.39, 0.29) is 17.4 Å². The van der Waals surface area contributed by atoms with Crippen molar-refractivity contribution in [1.29, 1.82) is 0 Å². The van der Waals surface area contributed by atoms with Gasteiger partial charge in [-0.1, -0.05) is 52.6 Å². The van der Waals surface area contributed by atoms with Gasteiger partial charge in [0.25, 0.3) is 5.91 Å². The van der Waals surface area contributed by atoms with Crippen LogP contribution in [0.2, 0.25) is 5.15 Å². The lowest BCUT2D eigenvalue weighted by Crippen LogP contribution is -2.37. The summed E-state index contributed by atoms with van der Waals surface area (Å²) in [4.78, 5) is 16.6. The minimum Gasteiger partial charge on any atom is -0.349 e. The van der Waals surface area contributed by atoms with Crippen LogP contribution < -0.4 is 5.32 Å². The average Bonchev–Trinajstić information content (AvgIpc) is 2.35. The van der Waals surface area contributed by atoms with Gasteiger partial charge < -0.3 is 5.32 Å². The van der Waals surface area contributed by atoms with E-state index in [2.05, 4.69) is 44.9 Å². The Hall–Kier alpha value is -1.09. The van der Waals surface area contributed by atoms with E-state index in [1.54, 1.807) is 6.07 Å². The van der Waals surface area contributed by atoms with Crippen LogP contribution >= 0.6 is 11.6 Å². The molecule has 0 aromatic carbocycles. The summed E-state index contributed by atoms with van der Waals surface area (Å²) in [5.74, 6) is 0.353. The van der Waals surface area contributed by atoms with Crippen molar-refractivity contribution in [3.05, 3.63) is 28.5 Å². The molecule has 112 valence electrons. The highest BCUT2D eigenvalue weighted by molar-refractivity contribution is 6.29. The maximum Gasteiger partial charge on any atom is 0.251 e. The van der Waals surface area contributed by atoms with Gasteiger partial charge in [-0.15, -0.1) is 0 Å². The van der Waals surface area contributed by atoms with Crippen molar-refractivity contribution in [3.8, 4) is 0 Å². The van der Waals surface area contributed by atoms with Crippen LogP contribution in [-0.2, 0) is 5.41 Å². The predicted molar refractivity (Wildman–Crippen MR) is 84.3 cm³/mol. The molecule has 4 heteroatoms. The number of carbonyl (C=O) groups excluding carboxylic acids is 1. The van der Waals surface area contributed by atoms with E-state index >= 15 is 0 Å². The minimum atomic E-state index is -0.137. The van der Waals surface area contributed by atoms with Crippen LogP contribution in [0.25, 0.3) is 0 Å². The highest BCUT2D eigenvalue weighted by Gasteiger charge is 2.20. The third-order valence-corrected chi connectivity index (χ3v) is 3.87. The third kappa shape index (κ3) is 4.48. The van der Waals surface area contributed by atoms with Gasteiger partial charge in [0.2, 0.25) is 0 Å². The molecule has 2 atom stereocenters. The number of aromatic nitrogens is 1. The number of nitrogens with zero attached hydrogens (tertiary/aromatic N) is 1. The largest absolute Gasteiger partial charge is 0.349 e. The Bertz CT molecular complexity index is 480. The molecule has 3 nitrogen and oxygen atoms in total. The van der Waals surface area contributed by atoms with E-state index < -0.39 is 0 Å². The van der Waals surface area contributed by atoms with Gasteiger partial charge in [0, 0.05) is 22.7 Å². The molecule has 1 heterocycles. The molecule has 0 aliphatic rings. The van der Waals surface area contributed by atoms with Gasteiger partial charge >= 0.3 is 0 Å². The molecule has 0 aliphatic heterocycles. The minimum absolute atomic E-state index is 0.0902. The lowest BCUT2D eigenvalue weighted by molar-refractivity contribution is 0.0928. The Morgan fingerprint density at radius 3 is 2.45 bits per heavy atom. The molecule has 1 aromatic heterocycles. The summed E-state index contributed by atoms with van der Waals surface area (Å²) >= 11 is 6.04. The van der Waals surface area contributed by atoms with Crippen LogP contribution in [0.3, 0.4) is 0 Å². The van der Waals surface area contributed by atoms with Crippen molar-refractivity contribution in [2.75, 3.05) is 0 Å². The van der Waals surface area contributed by atoms with Gasteiger partial charge in [0.1, 0.15) is 5.15 Å². The van der Waals surface area contributed by atoms with Gasteiger partial charge in [0.15, 0.2) is 0 Å². The molecule has 2 unspecified atom stereocenters. The first-order chi connectivity index (χ1) is 9.15. The quantitative estimate of drug-likeness (QED) is 0.846. The van der Waals surface area contributed by atoms with E-state index in [1.807, 2.05) is 13.0 Å². The molecule has 1 rings (SSSR count). The van der Waals surface area contributed by atoms with E-state index in [0.717, 1.165) is 12.1 Å². The highest BCUT2D eigenvalue weighted by Crippen LogP contribution is 2.23. The molecule has 1 N–H and O–H groups in total. The normalized spacial score (nSPS) is 14.8. The van der Waals surface area contributed by atoms with Crippen LogP contribution in [0.5, 0.6) is 0 Å². The second-order valence-corrected chi connectivity index (χ2v) is 6.85. The van der Waals surface area contributed by atoms with Crippen molar-refractivity contribution in [1.82, 2.24) is 10.3 Å². The second kappa shape index (κ2) is 6.57. The smallest absolute Gasteiger partial charge is 0.251 e. The molecular weight excluding hydrogens is 272 g/mol. The first kappa shape index (κ1) is 17.0. The van der Waals surface area contributed by atoms with E-state index in [1.165, 1.54) is 0 Å². The first-order valence-electron chi connectivity index (χ1n) is 7.14. The molecular formula is C16H25ClN2O. The Labute approximate surface area is 127 Å². The van der Waals surface area contributed by atoms with Crippen LogP contribution in [0, 0.1) is 5.92 Å². The Balaban J connectivity index is 2.97. The predicted octanol–water partition coefficient (Wildman–Crippen LogP) is 4.20. The van der Waals surface area contributed by atoms with Gasteiger partial charge in [0.05, 0.1) is 0 Å². The van der Waals surface area contributed by atoms with Gasteiger partial charge in [-0.3, -0.25) is 4.79 Å². The SMILES string of the molecule is CCC(C)C(C)NC(=O)c1cc(Cl)nc(C(C)(C)C)c1. The van der Waals surface area contributed by atoms with Gasteiger partial charge in [-0.25, -0.2) is 4.98 Å². The molecule has 0 spiro atoms. The summed E-state index contributed by atoms with van der Waals surface area (Å²) in [7, 11) is 0. The van der Waals surface area contributed by atoms with Crippen LogP contribution in [0.1, 0.15) is 64.0 Å². The maximum atomic E-state index is 12.3. The van der Waals surface area contributed by atoms with E-state index in [4.69, 9.17) is 11.6 Å². The average molecular weight is 297 g/mol. The second-order valence-electron chi connectivity index (χ2n) is 6.46. The van der Waals surface area contributed by atoms with Crippen LogP contribution in [0.15, 0.2) is 12.1 Å². The molecule has 20 heavy (non-hydrogen) atoms. The van der Waals surface area contributed by atoms with Gasteiger partial charge in [-0.05, 0) is 25.0 Å². The number of rotatable bonds is 4. The molecule has 0 bridgehead atoms. The fourth-order valence-corrected chi connectivity index (χ4v) is 2.01. The summed E-state index contributed by atoms with van der Waals surface area (Å²) < 4.78 is 0. The number of pyridine rings is 1. The zero-order valence-electron chi connectivity index (χ0n) is 13.2. The van der Waals surface area contributed by atoms with E-state index in [9.17, 15) is 4.79 Å². The fraction of sp³-hybridized carbons (Fsp3) is 0.625. The topological polar surface area (TPSA) is 42.0 Å². The fourth-order valence-electron chi connectivity index (χ4n) is 1.80. The van der Waals surface area contributed by atoms with Crippen molar-refractivity contribution in [2.45, 2.75) is 59.4 Å². The summed E-state index contributed by atoms with van der Waals surface area (Å²) in [5.41, 5.74) is 1.26. The number of hydrogen-bond donors (Lipinski definition) is 1. The number of halogens is 1. The Morgan fingerprint density at radius 1 is 1.35 bits per heavy atom. The molecule has 0 radical (unpaired) electrons. The lowest BCUT2D eigenvalue weighted by atomic mass is 9.90. The van der Waals surface area contributed by atoms with Gasteiger partial charge in [-0.2, -0.15) is 0 Å². The molecule has 1 amide bonds. The first-order valence-corrected chi connectivity index (χ1v) is 7.52. The molecule has 0 aliphatic carbocycles. The summed E-state index contributed by atoms with van der Waals surface area (Å²) in [5, 5.41) is 3.39. The molecule has 0 saturated heterocycles. The highest BCUT2D eigenvalue weighted by atomic mass is 35.5. The number of hydrogen-bond acceptors (Lipinski definition) is 2. The Morgan fingerprint density at radius 2 is 1.95 bits per heavy atom. The summed E-state index contributed by atoms with van der Waals surface area (Å²) in [6.07, 6.45) is 1.03. The maximum absolute atomic E-state index is 12.3. The van der Waals surface area contributed by atoms with Crippen molar-refractivity contribution < 1.29 is 4.79 Å². The van der Waals surface area contributed by atoms with E-state index in [0.29, 0.717) is 16.6 Å².